The van der Waals surface area contributed by atoms with E-state index in [9.17, 15) is 9.90 Å². The highest BCUT2D eigenvalue weighted by molar-refractivity contribution is 7.18. The van der Waals surface area contributed by atoms with Crippen molar-refractivity contribution in [2.45, 2.75) is 0 Å². The summed E-state index contributed by atoms with van der Waals surface area (Å²) in [6, 6.07) is 10.6. The summed E-state index contributed by atoms with van der Waals surface area (Å²) >= 11 is 1.50. The van der Waals surface area contributed by atoms with Crippen LogP contribution in [0.1, 0.15) is 0 Å². The number of pyridine rings is 1. The molecule has 0 unspecified atom stereocenters. The maximum Gasteiger partial charge on any atom is 0.275 e. The van der Waals surface area contributed by atoms with E-state index < -0.39 is 0 Å². The summed E-state index contributed by atoms with van der Waals surface area (Å²) in [7, 11) is 1.65. The van der Waals surface area contributed by atoms with Crippen molar-refractivity contribution in [2.75, 3.05) is 0 Å². The smallest absolute Gasteiger partial charge is 0.275 e. The lowest BCUT2D eigenvalue weighted by atomic mass is 10.1. The molecule has 0 spiro atoms. The van der Waals surface area contributed by atoms with Crippen molar-refractivity contribution in [3.63, 3.8) is 0 Å². The molecule has 5 nitrogen and oxygen atoms in total. The third kappa shape index (κ3) is 2.28. The lowest BCUT2D eigenvalue weighted by Gasteiger charge is -2.07. The molecule has 0 radical (unpaired) electrons. The number of hydrogen-bond donors (Lipinski definition) is 1. The molecule has 0 bridgehead atoms. The van der Waals surface area contributed by atoms with E-state index in [-0.39, 0.29) is 11.3 Å². The van der Waals surface area contributed by atoms with Crippen LogP contribution >= 0.6 is 11.3 Å². The van der Waals surface area contributed by atoms with Crippen LogP contribution in [0, 0.1) is 0 Å². The highest BCUT2D eigenvalue weighted by Crippen LogP contribution is 2.36. The summed E-state index contributed by atoms with van der Waals surface area (Å²) in [6.07, 6.45) is 3.43. The molecule has 0 fully saturated rings. The first-order valence-electron chi connectivity index (χ1n) is 7.33. The van der Waals surface area contributed by atoms with Crippen molar-refractivity contribution < 1.29 is 5.11 Å². The molecule has 0 aliphatic rings. The quantitative estimate of drug-likeness (QED) is 0.609. The third-order valence-electron chi connectivity index (χ3n) is 3.90. The van der Waals surface area contributed by atoms with Crippen molar-refractivity contribution in [1.82, 2.24) is 14.8 Å². The molecule has 0 amide bonds. The number of hydrogen-bond acceptors (Lipinski definition) is 5. The third-order valence-corrected chi connectivity index (χ3v) is 4.88. The molecule has 1 aromatic carbocycles. The molecule has 0 atom stereocenters. The average Bonchev–Trinajstić information content (AvgIpc) is 3.05. The fourth-order valence-corrected chi connectivity index (χ4v) is 3.77. The number of nitrogens with zero attached hydrogens (tertiary/aromatic N) is 3. The first-order chi connectivity index (χ1) is 11.6. The summed E-state index contributed by atoms with van der Waals surface area (Å²) in [5.41, 5.74) is 3.31. The summed E-state index contributed by atoms with van der Waals surface area (Å²) < 4.78 is 2.21. The summed E-state index contributed by atoms with van der Waals surface area (Å²) in [6.45, 7) is 0. The van der Waals surface area contributed by atoms with E-state index >= 15 is 0 Å². The van der Waals surface area contributed by atoms with E-state index in [1.165, 1.54) is 16.0 Å². The van der Waals surface area contributed by atoms with E-state index in [4.69, 9.17) is 0 Å². The standard InChI is InChI=1S/C18H13N3O2S/c1-21-18(23)15-14(11-6-8-19-9-7-11)10-24-17(15)16(20-21)12-2-4-13(22)5-3-12/h2-10,22H,1H3. The van der Waals surface area contributed by atoms with E-state index in [1.807, 2.05) is 17.5 Å². The van der Waals surface area contributed by atoms with Gasteiger partial charge in [-0.25, -0.2) is 4.68 Å². The number of fused-ring (bicyclic) bond motifs is 1. The Balaban J connectivity index is 2.04. The van der Waals surface area contributed by atoms with E-state index in [2.05, 4.69) is 10.1 Å². The van der Waals surface area contributed by atoms with Crippen molar-refractivity contribution in [2.24, 2.45) is 7.05 Å². The molecule has 0 aliphatic heterocycles. The van der Waals surface area contributed by atoms with Crippen molar-refractivity contribution in [3.8, 4) is 28.1 Å². The Morgan fingerprint density at radius 3 is 2.46 bits per heavy atom. The zero-order valence-corrected chi connectivity index (χ0v) is 13.6. The summed E-state index contributed by atoms with van der Waals surface area (Å²) in [5.74, 6) is 0.198. The molecule has 0 aliphatic carbocycles. The SMILES string of the molecule is Cn1nc(-c2ccc(O)cc2)c2scc(-c3ccncc3)c2c1=O. The van der Waals surface area contributed by atoms with Crippen LogP contribution in [-0.4, -0.2) is 19.9 Å². The van der Waals surface area contributed by atoms with Gasteiger partial charge in [0.15, 0.2) is 0 Å². The molecule has 118 valence electrons. The zero-order chi connectivity index (χ0) is 16.7. The number of benzene rings is 1. The topological polar surface area (TPSA) is 68.0 Å². The van der Waals surface area contributed by atoms with Crippen LogP contribution in [0.5, 0.6) is 5.75 Å². The number of aromatic hydroxyl groups is 1. The normalized spacial score (nSPS) is 11.0. The Morgan fingerprint density at radius 1 is 1.04 bits per heavy atom. The Morgan fingerprint density at radius 2 is 1.75 bits per heavy atom. The van der Waals surface area contributed by atoms with Gasteiger partial charge in [-0.2, -0.15) is 5.10 Å². The first-order valence-corrected chi connectivity index (χ1v) is 8.21. The minimum absolute atomic E-state index is 0.124. The largest absolute Gasteiger partial charge is 0.508 e. The number of aryl methyl sites for hydroxylation is 1. The average molecular weight is 335 g/mol. The van der Waals surface area contributed by atoms with Gasteiger partial charge in [0, 0.05) is 35.9 Å². The van der Waals surface area contributed by atoms with Gasteiger partial charge in [0.1, 0.15) is 11.4 Å². The van der Waals surface area contributed by atoms with Crippen LogP contribution in [0.15, 0.2) is 59.0 Å². The maximum absolute atomic E-state index is 12.7. The minimum Gasteiger partial charge on any atom is -0.508 e. The molecular weight excluding hydrogens is 322 g/mol. The molecule has 4 rings (SSSR count). The number of thiophene rings is 1. The molecular formula is C18H13N3O2S. The van der Waals surface area contributed by atoms with Gasteiger partial charge >= 0.3 is 0 Å². The van der Waals surface area contributed by atoms with Crippen LogP contribution in [0.25, 0.3) is 32.5 Å². The second kappa shape index (κ2) is 5.58. The van der Waals surface area contributed by atoms with Gasteiger partial charge in [-0.05, 0) is 42.0 Å². The lowest BCUT2D eigenvalue weighted by molar-refractivity contribution is 0.475. The van der Waals surface area contributed by atoms with Gasteiger partial charge in [-0.3, -0.25) is 9.78 Å². The van der Waals surface area contributed by atoms with Crippen LogP contribution in [0.3, 0.4) is 0 Å². The molecule has 6 heteroatoms. The summed E-state index contributed by atoms with van der Waals surface area (Å²) in [5, 5.41) is 16.6. The first kappa shape index (κ1) is 14.6. The zero-order valence-electron chi connectivity index (χ0n) is 12.8. The van der Waals surface area contributed by atoms with Crippen LogP contribution < -0.4 is 5.56 Å². The minimum atomic E-state index is -0.124. The number of phenols is 1. The maximum atomic E-state index is 12.7. The molecule has 3 heterocycles. The van der Waals surface area contributed by atoms with Crippen molar-refractivity contribution >= 4 is 21.4 Å². The molecule has 3 aromatic heterocycles. The Labute approximate surface area is 141 Å². The van der Waals surface area contributed by atoms with Crippen LogP contribution in [0.4, 0.5) is 0 Å². The molecule has 0 saturated carbocycles. The fourth-order valence-electron chi connectivity index (χ4n) is 2.70. The lowest BCUT2D eigenvalue weighted by Crippen LogP contribution is -2.20. The van der Waals surface area contributed by atoms with Gasteiger partial charge in [-0.15, -0.1) is 11.3 Å². The highest BCUT2D eigenvalue weighted by Gasteiger charge is 2.17. The predicted molar refractivity (Wildman–Crippen MR) is 95.2 cm³/mol. The van der Waals surface area contributed by atoms with E-state index in [0.717, 1.165) is 27.1 Å². The Bertz CT molecular complexity index is 1080. The van der Waals surface area contributed by atoms with Crippen molar-refractivity contribution in [3.05, 3.63) is 64.5 Å². The second-order valence-corrected chi connectivity index (χ2v) is 6.29. The number of phenolic OH excluding ortho intramolecular Hbond substituents is 1. The molecule has 1 N–H and O–H groups in total. The molecule has 4 aromatic rings. The van der Waals surface area contributed by atoms with E-state index in [0.29, 0.717) is 5.39 Å². The van der Waals surface area contributed by atoms with Gasteiger partial charge in [0.05, 0.1) is 10.1 Å². The second-order valence-electron chi connectivity index (χ2n) is 5.41. The number of aromatic nitrogens is 3. The van der Waals surface area contributed by atoms with E-state index in [1.54, 1.807) is 43.7 Å². The van der Waals surface area contributed by atoms with Crippen LogP contribution in [0.2, 0.25) is 0 Å². The van der Waals surface area contributed by atoms with Gasteiger partial charge in [0.2, 0.25) is 0 Å². The fraction of sp³-hybridized carbons (Fsp3) is 0.0556. The monoisotopic (exact) mass is 335 g/mol. The van der Waals surface area contributed by atoms with Crippen LogP contribution in [-0.2, 0) is 7.05 Å². The van der Waals surface area contributed by atoms with Gasteiger partial charge in [0.25, 0.3) is 5.56 Å². The number of rotatable bonds is 2. The highest BCUT2D eigenvalue weighted by atomic mass is 32.1. The van der Waals surface area contributed by atoms with Gasteiger partial charge < -0.3 is 5.11 Å². The van der Waals surface area contributed by atoms with Gasteiger partial charge in [-0.1, -0.05) is 0 Å². The molecule has 24 heavy (non-hydrogen) atoms. The Kier molecular flexibility index (Phi) is 3.39. The molecule has 0 saturated heterocycles. The predicted octanol–water partition coefficient (Wildman–Crippen LogP) is 3.43. The van der Waals surface area contributed by atoms with Crippen molar-refractivity contribution in [1.29, 1.82) is 0 Å². The Hall–Kier alpha value is -2.99. The summed E-state index contributed by atoms with van der Waals surface area (Å²) in [4.78, 5) is 16.7.